The lowest BCUT2D eigenvalue weighted by Gasteiger charge is -2.14. The summed E-state index contributed by atoms with van der Waals surface area (Å²) in [6.07, 6.45) is 5.31. The van der Waals surface area contributed by atoms with Crippen molar-refractivity contribution in [2.24, 2.45) is 0 Å². The molecule has 1 heterocycles. The minimum atomic E-state index is -0.548. The molecule has 6 nitrogen and oxygen atoms in total. The van der Waals surface area contributed by atoms with E-state index in [4.69, 9.17) is 12.2 Å². The summed E-state index contributed by atoms with van der Waals surface area (Å²) < 4.78 is 0.291. The Morgan fingerprint density at radius 2 is 1.77 bits per heavy atom. The van der Waals surface area contributed by atoms with Crippen LogP contribution in [-0.2, 0) is 9.59 Å². The zero-order valence-electron chi connectivity index (χ0n) is 16.1. The molecule has 0 radical (unpaired) electrons. The lowest BCUT2D eigenvalue weighted by atomic mass is 10.1. The second-order valence-corrected chi connectivity index (χ2v) is 8.10. The molecule has 1 aliphatic heterocycles. The Morgan fingerprint density at radius 3 is 2.47 bits per heavy atom. The van der Waals surface area contributed by atoms with Crippen molar-refractivity contribution in [2.45, 2.75) is 6.92 Å². The van der Waals surface area contributed by atoms with E-state index in [2.05, 4.69) is 10.9 Å². The van der Waals surface area contributed by atoms with Crippen molar-refractivity contribution in [2.75, 3.05) is 6.54 Å². The topological polar surface area (TPSA) is 78.5 Å². The number of carbonyl (C=O) groups excluding carboxylic acids is 3. The average molecular weight is 438 g/mol. The molecule has 0 aromatic heterocycles. The third kappa shape index (κ3) is 5.65. The van der Waals surface area contributed by atoms with Crippen LogP contribution in [-0.4, -0.2) is 33.5 Å². The van der Waals surface area contributed by atoms with Gasteiger partial charge in [0.2, 0.25) is 0 Å². The minimum Gasteiger partial charge on any atom is -0.283 e. The summed E-state index contributed by atoms with van der Waals surface area (Å²) in [5.41, 5.74) is 7.09. The van der Waals surface area contributed by atoms with Gasteiger partial charge in [-0.05, 0) is 30.7 Å². The van der Waals surface area contributed by atoms with Gasteiger partial charge in [0, 0.05) is 5.56 Å². The van der Waals surface area contributed by atoms with Gasteiger partial charge in [-0.3, -0.25) is 30.1 Å². The lowest BCUT2D eigenvalue weighted by Crippen LogP contribution is -2.47. The van der Waals surface area contributed by atoms with Crippen molar-refractivity contribution in [3.05, 3.63) is 88.3 Å². The average Bonchev–Trinajstić information content (AvgIpc) is 3.01. The van der Waals surface area contributed by atoms with E-state index in [0.717, 1.165) is 22.9 Å². The number of hydrogen-bond donors (Lipinski definition) is 2. The molecular formula is C22H19N3O3S2. The first-order valence-electron chi connectivity index (χ1n) is 9.07. The van der Waals surface area contributed by atoms with Crippen LogP contribution in [0.4, 0.5) is 0 Å². The second-order valence-electron chi connectivity index (χ2n) is 6.43. The van der Waals surface area contributed by atoms with E-state index in [-0.39, 0.29) is 12.5 Å². The van der Waals surface area contributed by atoms with E-state index in [1.54, 1.807) is 36.4 Å². The van der Waals surface area contributed by atoms with Crippen LogP contribution < -0.4 is 10.9 Å². The third-order valence-corrected chi connectivity index (χ3v) is 5.54. The van der Waals surface area contributed by atoms with Gasteiger partial charge in [0.25, 0.3) is 17.7 Å². The maximum atomic E-state index is 12.5. The molecule has 0 saturated carbocycles. The number of nitrogens with one attached hydrogen (secondary N) is 2. The maximum absolute atomic E-state index is 12.5. The predicted octanol–water partition coefficient (Wildman–Crippen LogP) is 3.21. The molecule has 2 aromatic rings. The Bertz CT molecular complexity index is 1030. The lowest BCUT2D eigenvalue weighted by molar-refractivity contribution is -0.129. The standard InChI is InChI=1S/C22H19N3O3S2/c1-15-10-12-17(13-11-15)20(27)24-23-19(26)14-25-21(28)18(30-22(25)29)9-5-8-16-6-3-2-4-7-16/h2-13H,14H2,1H3,(H,23,26)(H,24,27). The highest BCUT2D eigenvalue weighted by molar-refractivity contribution is 8.26. The number of rotatable bonds is 5. The summed E-state index contributed by atoms with van der Waals surface area (Å²) >= 11 is 6.35. The number of thioether (sulfide) groups is 1. The first kappa shape index (κ1) is 21.5. The van der Waals surface area contributed by atoms with Crippen LogP contribution in [0.25, 0.3) is 6.08 Å². The smallest absolute Gasteiger partial charge is 0.269 e. The van der Waals surface area contributed by atoms with Crippen LogP contribution in [0.5, 0.6) is 0 Å². The molecule has 1 aliphatic rings. The van der Waals surface area contributed by atoms with Gasteiger partial charge in [-0.1, -0.05) is 84.2 Å². The highest BCUT2D eigenvalue weighted by Crippen LogP contribution is 2.30. The van der Waals surface area contributed by atoms with Gasteiger partial charge in [-0.2, -0.15) is 0 Å². The molecule has 1 fully saturated rings. The molecular weight excluding hydrogens is 418 g/mol. The van der Waals surface area contributed by atoms with E-state index >= 15 is 0 Å². The minimum absolute atomic E-state index is 0.279. The number of allylic oxidation sites excluding steroid dienone is 2. The third-order valence-electron chi connectivity index (χ3n) is 4.14. The van der Waals surface area contributed by atoms with Crippen molar-refractivity contribution in [1.82, 2.24) is 15.8 Å². The SMILES string of the molecule is Cc1ccc(C(=O)NNC(=O)CN2C(=O)C(=CC=Cc3ccccc3)SC2=S)cc1. The van der Waals surface area contributed by atoms with Gasteiger partial charge in [0.05, 0.1) is 4.91 Å². The quantitative estimate of drug-likeness (QED) is 0.427. The highest BCUT2D eigenvalue weighted by atomic mass is 32.2. The molecule has 2 N–H and O–H groups in total. The predicted molar refractivity (Wildman–Crippen MR) is 122 cm³/mol. The molecule has 1 saturated heterocycles. The van der Waals surface area contributed by atoms with Crippen LogP contribution in [0.2, 0.25) is 0 Å². The number of hydrazine groups is 1. The Balaban J connectivity index is 1.53. The van der Waals surface area contributed by atoms with E-state index < -0.39 is 11.8 Å². The van der Waals surface area contributed by atoms with Gasteiger partial charge < -0.3 is 0 Å². The fourth-order valence-corrected chi connectivity index (χ4v) is 3.75. The molecule has 0 atom stereocenters. The largest absolute Gasteiger partial charge is 0.283 e. The first-order chi connectivity index (χ1) is 14.4. The molecule has 3 amide bonds. The summed E-state index contributed by atoms with van der Waals surface area (Å²) in [6, 6.07) is 16.6. The normalized spacial score (nSPS) is 15.1. The van der Waals surface area contributed by atoms with E-state index in [1.165, 1.54) is 4.90 Å². The molecule has 2 aromatic carbocycles. The number of benzene rings is 2. The van der Waals surface area contributed by atoms with Crippen LogP contribution >= 0.6 is 24.0 Å². The van der Waals surface area contributed by atoms with Crippen molar-refractivity contribution < 1.29 is 14.4 Å². The number of nitrogens with zero attached hydrogens (tertiary/aromatic N) is 1. The van der Waals surface area contributed by atoms with Gasteiger partial charge >= 0.3 is 0 Å². The zero-order chi connectivity index (χ0) is 21.5. The van der Waals surface area contributed by atoms with Crippen LogP contribution in [0.1, 0.15) is 21.5 Å². The Labute approximate surface area is 184 Å². The Kier molecular flexibility index (Phi) is 7.16. The van der Waals surface area contributed by atoms with Crippen LogP contribution in [0.15, 0.2) is 71.7 Å². The van der Waals surface area contributed by atoms with Gasteiger partial charge in [0.15, 0.2) is 0 Å². The molecule has 8 heteroatoms. The molecule has 152 valence electrons. The summed E-state index contributed by atoms with van der Waals surface area (Å²) in [6.45, 7) is 1.64. The fourth-order valence-electron chi connectivity index (χ4n) is 2.55. The molecule has 30 heavy (non-hydrogen) atoms. The first-order valence-corrected chi connectivity index (χ1v) is 10.3. The van der Waals surface area contributed by atoms with E-state index in [0.29, 0.717) is 14.8 Å². The summed E-state index contributed by atoms with van der Waals surface area (Å²) in [4.78, 5) is 38.4. The van der Waals surface area contributed by atoms with Crippen LogP contribution in [0.3, 0.4) is 0 Å². The molecule has 0 spiro atoms. The molecule has 0 aliphatic carbocycles. The number of hydrogen-bond acceptors (Lipinski definition) is 5. The number of amides is 3. The van der Waals surface area contributed by atoms with Gasteiger partial charge in [0.1, 0.15) is 10.9 Å². The molecule has 0 bridgehead atoms. The van der Waals surface area contributed by atoms with Crippen molar-refractivity contribution >= 4 is 52.1 Å². The summed E-state index contributed by atoms with van der Waals surface area (Å²) in [5, 5.41) is 0. The van der Waals surface area contributed by atoms with Crippen molar-refractivity contribution in [3.63, 3.8) is 0 Å². The zero-order valence-corrected chi connectivity index (χ0v) is 17.8. The van der Waals surface area contributed by atoms with E-state index in [9.17, 15) is 14.4 Å². The fraction of sp³-hybridized carbons (Fsp3) is 0.0909. The molecule has 0 unspecified atom stereocenters. The number of carbonyl (C=O) groups is 3. The van der Waals surface area contributed by atoms with Crippen molar-refractivity contribution in [3.8, 4) is 0 Å². The maximum Gasteiger partial charge on any atom is 0.269 e. The second kappa shape index (κ2) is 10.00. The number of aryl methyl sites for hydroxylation is 1. The summed E-state index contributed by atoms with van der Waals surface area (Å²) in [5.74, 6) is -1.34. The summed E-state index contributed by atoms with van der Waals surface area (Å²) in [7, 11) is 0. The van der Waals surface area contributed by atoms with E-state index in [1.807, 2.05) is 43.3 Å². The highest BCUT2D eigenvalue weighted by Gasteiger charge is 2.33. The Morgan fingerprint density at radius 1 is 1.07 bits per heavy atom. The number of thiocarbonyl (C=S) groups is 1. The molecule has 3 rings (SSSR count). The van der Waals surface area contributed by atoms with Crippen LogP contribution in [0, 0.1) is 6.92 Å². The Hall–Kier alpha value is -3.23. The van der Waals surface area contributed by atoms with Gasteiger partial charge in [-0.15, -0.1) is 0 Å². The van der Waals surface area contributed by atoms with Crippen molar-refractivity contribution in [1.29, 1.82) is 0 Å². The van der Waals surface area contributed by atoms with Gasteiger partial charge in [-0.25, -0.2) is 0 Å². The monoisotopic (exact) mass is 437 g/mol.